The van der Waals surface area contributed by atoms with Gasteiger partial charge in [-0.3, -0.25) is 14.6 Å². The molecule has 2 atom stereocenters. The van der Waals surface area contributed by atoms with E-state index in [1.54, 1.807) is 6.92 Å². The van der Waals surface area contributed by atoms with Crippen LogP contribution in [0.15, 0.2) is 59.6 Å². The third-order valence-electron chi connectivity index (χ3n) is 5.94. The predicted molar refractivity (Wildman–Crippen MR) is 135 cm³/mol. The number of fused-ring (bicyclic) bond motifs is 1. The van der Waals surface area contributed by atoms with Gasteiger partial charge in [-0.2, -0.15) is 0 Å². The van der Waals surface area contributed by atoms with Gasteiger partial charge in [0.1, 0.15) is 12.2 Å². The molecule has 0 saturated heterocycles. The van der Waals surface area contributed by atoms with Crippen LogP contribution in [-0.4, -0.2) is 43.3 Å². The lowest BCUT2D eigenvalue weighted by Gasteiger charge is -2.24. The zero-order valence-corrected chi connectivity index (χ0v) is 20.0. The van der Waals surface area contributed by atoms with E-state index in [0.717, 1.165) is 41.8 Å². The topological polar surface area (TPSA) is 73.8 Å². The first-order valence-corrected chi connectivity index (χ1v) is 12.0. The van der Waals surface area contributed by atoms with Gasteiger partial charge in [-0.1, -0.05) is 81.1 Å². The molecule has 1 aliphatic rings. The average molecular weight is 449 g/mol. The number of aliphatic imine (C=N–C) groups is 1. The first-order valence-electron chi connectivity index (χ1n) is 12.0. The van der Waals surface area contributed by atoms with Crippen LogP contribution in [0.1, 0.15) is 63.5 Å². The number of benzodiazepines with no additional fused rings is 1. The molecule has 0 radical (unpaired) electrons. The molecular weight excluding hydrogens is 412 g/mol. The van der Waals surface area contributed by atoms with Gasteiger partial charge in [-0.05, 0) is 19.4 Å². The van der Waals surface area contributed by atoms with E-state index in [-0.39, 0.29) is 11.8 Å². The minimum Gasteiger partial charge on any atom is -0.370 e. The van der Waals surface area contributed by atoms with Crippen LogP contribution < -0.4 is 15.5 Å². The number of carbonyl (C=O) groups is 2. The van der Waals surface area contributed by atoms with Gasteiger partial charge in [0.05, 0.1) is 12.3 Å². The number of nitrogens with one attached hydrogen (secondary N) is 2. The number of carbonyl (C=O) groups excluding carboxylic acids is 2. The van der Waals surface area contributed by atoms with E-state index in [1.807, 2.05) is 49.5 Å². The summed E-state index contributed by atoms with van der Waals surface area (Å²) in [6.45, 7) is 4.43. The maximum absolute atomic E-state index is 12.9. The number of benzene rings is 2. The highest BCUT2D eigenvalue weighted by molar-refractivity contribution is 6.16. The fraction of sp³-hybridized carbons (Fsp3) is 0.444. The molecule has 3 rings (SSSR count). The SMILES string of the molecule is CCCCCCCC(=O)N[C@@H](C)C(=O)N[C@@H]1CN(C)c2ccccc2C(c2ccccc2)=N1. The molecule has 33 heavy (non-hydrogen) atoms. The molecule has 0 aliphatic carbocycles. The summed E-state index contributed by atoms with van der Waals surface area (Å²) in [4.78, 5) is 32.2. The van der Waals surface area contributed by atoms with Crippen molar-refractivity contribution >= 4 is 23.2 Å². The van der Waals surface area contributed by atoms with Crippen molar-refractivity contribution in [3.63, 3.8) is 0 Å². The van der Waals surface area contributed by atoms with Gasteiger partial charge < -0.3 is 15.5 Å². The molecule has 2 aromatic carbocycles. The molecule has 2 N–H and O–H groups in total. The summed E-state index contributed by atoms with van der Waals surface area (Å²) in [6.07, 6.45) is 5.46. The molecule has 0 fully saturated rings. The zero-order valence-electron chi connectivity index (χ0n) is 20.0. The van der Waals surface area contributed by atoms with Gasteiger partial charge in [0.2, 0.25) is 11.8 Å². The van der Waals surface area contributed by atoms with Gasteiger partial charge in [-0.15, -0.1) is 0 Å². The smallest absolute Gasteiger partial charge is 0.243 e. The monoisotopic (exact) mass is 448 g/mol. The minimum absolute atomic E-state index is 0.0759. The lowest BCUT2D eigenvalue weighted by atomic mass is 10.0. The molecule has 2 aromatic rings. The summed E-state index contributed by atoms with van der Waals surface area (Å²) >= 11 is 0. The second-order valence-corrected chi connectivity index (χ2v) is 8.72. The first kappa shape index (κ1) is 24.5. The number of hydrogen-bond acceptors (Lipinski definition) is 4. The van der Waals surface area contributed by atoms with Crippen LogP contribution in [0.3, 0.4) is 0 Å². The van der Waals surface area contributed by atoms with Gasteiger partial charge >= 0.3 is 0 Å². The fourth-order valence-corrected chi connectivity index (χ4v) is 4.09. The van der Waals surface area contributed by atoms with Gasteiger partial charge in [0.15, 0.2) is 0 Å². The Morgan fingerprint density at radius 1 is 1.03 bits per heavy atom. The highest BCUT2D eigenvalue weighted by atomic mass is 16.2. The Labute approximate surface area is 197 Å². The van der Waals surface area contributed by atoms with Crippen LogP contribution >= 0.6 is 0 Å². The molecule has 0 bridgehead atoms. The van der Waals surface area contributed by atoms with Crippen LogP contribution in [-0.2, 0) is 9.59 Å². The van der Waals surface area contributed by atoms with Gasteiger partial charge in [0, 0.05) is 30.3 Å². The lowest BCUT2D eigenvalue weighted by Crippen LogP contribution is -2.50. The number of rotatable bonds is 10. The van der Waals surface area contributed by atoms with E-state index in [4.69, 9.17) is 4.99 Å². The summed E-state index contributed by atoms with van der Waals surface area (Å²) in [7, 11) is 2.01. The Balaban J connectivity index is 1.67. The van der Waals surface area contributed by atoms with Crippen molar-refractivity contribution in [1.29, 1.82) is 0 Å². The summed E-state index contributed by atoms with van der Waals surface area (Å²) in [5.74, 6) is -0.303. The molecule has 0 aromatic heterocycles. The normalized spacial score (nSPS) is 16.3. The van der Waals surface area contributed by atoms with Crippen molar-refractivity contribution in [3.05, 3.63) is 65.7 Å². The van der Waals surface area contributed by atoms with Crippen molar-refractivity contribution in [2.75, 3.05) is 18.5 Å². The Kier molecular flexibility index (Phi) is 9.04. The molecule has 6 heteroatoms. The number of hydrogen-bond donors (Lipinski definition) is 2. The molecule has 1 aliphatic heterocycles. The molecule has 0 unspecified atom stereocenters. The summed E-state index contributed by atoms with van der Waals surface area (Å²) in [5, 5.41) is 5.86. The third-order valence-corrected chi connectivity index (χ3v) is 5.94. The van der Waals surface area contributed by atoms with E-state index in [0.29, 0.717) is 13.0 Å². The molecule has 1 heterocycles. The second kappa shape index (κ2) is 12.2. The van der Waals surface area contributed by atoms with E-state index in [2.05, 4.69) is 34.6 Å². The summed E-state index contributed by atoms with van der Waals surface area (Å²) in [5.41, 5.74) is 3.96. The quantitative estimate of drug-likeness (QED) is 0.533. The molecule has 0 saturated carbocycles. The van der Waals surface area contributed by atoms with Crippen molar-refractivity contribution in [3.8, 4) is 0 Å². The summed E-state index contributed by atoms with van der Waals surface area (Å²) < 4.78 is 0. The first-order chi connectivity index (χ1) is 16.0. The number of likely N-dealkylation sites (N-methyl/N-ethyl adjacent to an activating group) is 1. The van der Waals surface area contributed by atoms with Crippen molar-refractivity contribution in [2.24, 2.45) is 4.99 Å². The Hall–Kier alpha value is -3.15. The Morgan fingerprint density at radius 2 is 1.73 bits per heavy atom. The van der Waals surface area contributed by atoms with Gasteiger partial charge in [-0.25, -0.2) is 0 Å². The molecule has 6 nitrogen and oxygen atoms in total. The molecular formula is C27H36N4O2. The fourth-order valence-electron chi connectivity index (χ4n) is 4.09. The number of unbranched alkanes of at least 4 members (excludes halogenated alkanes) is 4. The Morgan fingerprint density at radius 3 is 2.48 bits per heavy atom. The average Bonchev–Trinajstić information content (AvgIpc) is 2.96. The number of anilines is 1. The van der Waals surface area contributed by atoms with Gasteiger partial charge in [0.25, 0.3) is 0 Å². The van der Waals surface area contributed by atoms with E-state index in [1.165, 1.54) is 12.8 Å². The van der Waals surface area contributed by atoms with Crippen LogP contribution in [0.5, 0.6) is 0 Å². The Bertz CT molecular complexity index is 958. The third kappa shape index (κ3) is 6.91. The highest BCUT2D eigenvalue weighted by Crippen LogP contribution is 2.26. The molecule has 0 spiro atoms. The zero-order chi connectivity index (χ0) is 23.6. The van der Waals surface area contributed by atoms with Crippen molar-refractivity contribution in [1.82, 2.24) is 10.6 Å². The highest BCUT2D eigenvalue weighted by Gasteiger charge is 2.25. The minimum atomic E-state index is -0.612. The standard InChI is InChI=1S/C27H36N4O2/c1-4-5-6-7-11-18-25(32)28-20(2)27(33)30-24-19-31(3)23-17-13-12-16-22(23)26(29-24)21-14-9-8-10-15-21/h8-10,12-17,20,24H,4-7,11,18-19H2,1-3H3,(H,28,32)(H,30,33)/t20-,24+/m0/s1. The number of para-hydroxylation sites is 1. The number of amides is 2. The van der Waals surface area contributed by atoms with E-state index >= 15 is 0 Å². The van der Waals surface area contributed by atoms with Crippen LogP contribution in [0.4, 0.5) is 5.69 Å². The maximum atomic E-state index is 12.9. The maximum Gasteiger partial charge on any atom is 0.243 e. The second-order valence-electron chi connectivity index (χ2n) is 8.72. The van der Waals surface area contributed by atoms with Crippen LogP contribution in [0.2, 0.25) is 0 Å². The van der Waals surface area contributed by atoms with E-state index < -0.39 is 12.2 Å². The number of nitrogens with zero attached hydrogens (tertiary/aromatic N) is 2. The van der Waals surface area contributed by atoms with Crippen molar-refractivity contribution < 1.29 is 9.59 Å². The largest absolute Gasteiger partial charge is 0.370 e. The van der Waals surface area contributed by atoms with Crippen molar-refractivity contribution in [2.45, 2.75) is 64.6 Å². The lowest BCUT2D eigenvalue weighted by molar-refractivity contribution is -0.129. The molecule has 176 valence electrons. The summed E-state index contributed by atoms with van der Waals surface area (Å²) in [6, 6.07) is 17.6. The van der Waals surface area contributed by atoms with E-state index in [9.17, 15) is 9.59 Å². The molecule has 2 amide bonds. The predicted octanol–water partition coefficient (Wildman–Crippen LogP) is 4.28. The van der Waals surface area contributed by atoms with Crippen LogP contribution in [0, 0.1) is 0 Å². The van der Waals surface area contributed by atoms with Crippen LogP contribution in [0.25, 0.3) is 0 Å².